The van der Waals surface area contributed by atoms with Gasteiger partial charge in [0.2, 0.25) is 5.91 Å². The van der Waals surface area contributed by atoms with Crippen LogP contribution in [0.25, 0.3) is 0 Å². The van der Waals surface area contributed by atoms with Crippen LogP contribution in [0.15, 0.2) is 0 Å². The molecule has 3 nitrogen and oxygen atoms in total. The Bertz CT molecular complexity index is 159. The topological polar surface area (TPSA) is 55.1 Å². The van der Waals surface area contributed by atoms with Gasteiger partial charge in [0.25, 0.3) is 0 Å². The van der Waals surface area contributed by atoms with Crippen molar-refractivity contribution in [3.63, 3.8) is 0 Å². The van der Waals surface area contributed by atoms with Crippen LogP contribution in [0.5, 0.6) is 0 Å². The van der Waals surface area contributed by atoms with Gasteiger partial charge < -0.3 is 11.1 Å². The molecule has 2 atom stereocenters. The molecule has 70 valence electrons. The summed E-state index contributed by atoms with van der Waals surface area (Å²) in [4.78, 5) is 11.2. The Kier molecular flexibility index (Phi) is 3.53. The standard InChI is InChI=1S/C9H18N2O/c1-2-3-4-5-11-9(12)7-6-8(7)10/h7-8H,2-6,10H2,1H3,(H,11,12). The highest BCUT2D eigenvalue weighted by atomic mass is 16.2. The van der Waals surface area contributed by atoms with E-state index in [0.717, 1.165) is 19.4 Å². The minimum absolute atomic E-state index is 0.117. The van der Waals surface area contributed by atoms with E-state index < -0.39 is 0 Å². The van der Waals surface area contributed by atoms with Gasteiger partial charge in [0.1, 0.15) is 0 Å². The summed E-state index contributed by atoms with van der Waals surface area (Å²) >= 11 is 0. The van der Waals surface area contributed by atoms with Crippen LogP contribution in [0.4, 0.5) is 0 Å². The fourth-order valence-electron chi connectivity index (χ4n) is 1.23. The molecule has 1 aliphatic rings. The number of unbranched alkanes of at least 4 members (excludes halogenated alkanes) is 2. The SMILES string of the molecule is CCCCCNC(=O)C1CC1N. The lowest BCUT2D eigenvalue weighted by atomic mass is 10.2. The fraction of sp³-hybridized carbons (Fsp3) is 0.889. The Morgan fingerprint density at radius 1 is 1.58 bits per heavy atom. The van der Waals surface area contributed by atoms with Gasteiger partial charge >= 0.3 is 0 Å². The van der Waals surface area contributed by atoms with Crippen LogP contribution in [0.3, 0.4) is 0 Å². The van der Waals surface area contributed by atoms with E-state index >= 15 is 0 Å². The molecule has 1 amide bonds. The number of hydrogen-bond donors (Lipinski definition) is 2. The largest absolute Gasteiger partial charge is 0.356 e. The number of nitrogens with two attached hydrogens (primary N) is 1. The number of amides is 1. The van der Waals surface area contributed by atoms with Gasteiger partial charge in [0.15, 0.2) is 0 Å². The predicted molar refractivity (Wildman–Crippen MR) is 48.6 cm³/mol. The van der Waals surface area contributed by atoms with E-state index in [4.69, 9.17) is 5.73 Å². The van der Waals surface area contributed by atoms with E-state index in [0.29, 0.717) is 0 Å². The Balaban J connectivity index is 1.96. The molecule has 3 N–H and O–H groups in total. The number of rotatable bonds is 5. The maximum atomic E-state index is 11.2. The molecule has 0 spiro atoms. The summed E-state index contributed by atoms with van der Waals surface area (Å²) in [6, 6.07) is 0.135. The zero-order valence-electron chi connectivity index (χ0n) is 7.68. The average Bonchev–Trinajstić information content (AvgIpc) is 2.76. The molecule has 0 radical (unpaired) electrons. The summed E-state index contributed by atoms with van der Waals surface area (Å²) in [6.45, 7) is 2.97. The van der Waals surface area contributed by atoms with Gasteiger partial charge in [-0.1, -0.05) is 19.8 Å². The minimum Gasteiger partial charge on any atom is -0.356 e. The molecule has 1 saturated carbocycles. The summed E-state index contributed by atoms with van der Waals surface area (Å²) in [6.07, 6.45) is 4.35. The first-order chi connectivity index (χ1) is 5.75. The zero-order chi connectivity index (χ0) is 8.97. The fourth-order valence-corrected chi connectivity index (χ4v) is 1.23. The lowest BCUT2D eigenvalue weighted by Gasteiger charge is -2.02. The Morgan fingerprint density at radius 2 is 2.25 bits per heavy atom. The number of hydrogen-bond acceptors (Lipinski definition) is 2. The van der Waals surface area contributed by atoms with Crippen LogP contribution in [0, 0.1) is 5.92 Å². The molecule has 12 heavy (non-hydrogen) atoms. The van der Waals surface area contributed by atoms with Crippen molar-refractivity contribution in [1.82, 2.24) is 5.32 Å². The van der Waals surface area contributed by atoms with Crippen LogP contribution >= 0.6 is 0 Å². The van der Waals surface area contributed by atoms with Gasteiger partial charge in [-0.05, 0) is 12.8 Å². The lowest BCUT2D eigenvalue weighted by Crippen LogP contribution is -2.28. The first-order valence-electron chi connectivity index (χ1n) is 4.79. The minimum atomic E-state index is 0.117. The molecule has 3 heteroatoms. The molecule has 2 unspecified atom stereocenters. The summed E-state index contributed by atoms with van der Waals surface area (Å²) in [5.74, 6) is 0.269. The van der Waals surface area contributed by atoms with Crippen LogP contribution in [-0.2, 0) is 4.79 Å². The second kappa shape index (κ2) is 4.45. The molecule has 0 aliphatic heterocycles. The molecular formula is C9H18N2O. The molecule has 0 aromatic carbocycles. The second-order valence-corrected chi connectivity index (χ2v) is 3.50. The van der Waals surface area contributed by atoms with Gasteiger partial charge in [0.05, 0.1) is 5.92 Å². The van der Waals surface area contributed by atoms with Crippen molar-refractivity contribution in [2.24, 2.45) is 11.7 Å². The maximum Gasteiger partial charge on any atom is 0.224 e. The summed E-state index contributed by atoms with van der Waals surface area (Å²) < 4.78 is 0. The van der Waals surface area contributed by atoms with Crippen molar-refractivity contribution in [2.75, 3.05) is 6.54 Å². The molecule has 0 bridgehead atoms. The number of carbonyl (C=O) groups is 1. The summed E-state index contributed by atoms with van der Waals surface area (Å²) in [5, 5.41) is 2.89. The van der Waals surface area contributed by atoms with Gasteiger partial charge in [-0.25, -0.2) is 0 Å². The van der Waals surface area contributed by atoms with Crippen LogP contribution in [-0.4, -0.2) is 18.5 Å². The molecular weight excluding hydrogens is 152 g/mol. The summed E-state index contributed by atoms with van der Waals surface area (Å²) in [7, 11) is 0. The first kappa shape index (κ1) is 9.52. The van der Waals surface area contributed by atoms with E-state index in [9.17, 15) is 4.79 Å². The highest BCUT2D eigenvalue weighted by Gasteiger charge is 2.39. The molecule has 1 fully saturated rings. The van der Waals surface area contributed by atoms with Crippen molar-refractivity contribution in [1.29, 1.82) is 0 Å². The van der Waals surface area contributed by atoms with Crippen LogP contribution in [0.2, 0.25) is 0 Å². The van der Waals surface area contributed by atoms with E-state index in [2.05, 4.69) is 12.2 Å². The quantitative estimate of drug-likeness (QED) is 0.595. The Labute approximate surface area is 73.7 Å². The third kappa shape index (κ3) is 2.81. The van der Waals surface area contributed by atoms with E-state index in [1.54, 1.807) is 0 Å². The molecule has 0 saturated heterocycles. The highest BCUT2D eigenvalue weighted by molar-refractivity contribution is 5.82. The normalized spacial score (nSPS) is 26.8. The zero-order valence-corrected chi connectivity index (χ0v) is 7.68. The Hall–Kier alpha value is -0.570. The first-order valence-corrected chi connectivity index (χ1v) is 4.79. The molecule has 0 heterocycles. The van der Waals surface area contributed by atoms with Crippen LogP contribution < -0.4 is 11.1 Å². The molecule has 1 rings (SSSR count). The van der Waals surface area contributed by atoms with Crippen LogP contribution in [0.1, 0.15) is 32.6 Å². The van der Waals surface area contributed by atoms with Crippen molar-refractivity contribution in [3.05, 3.63) is 0 Å². The highest BCUT2D eigenvalue weighted by Crippen LogP contribution is 2.27. The predicted octanol–water partition coefficient (Wildman–Crippen LogP) is 0.640. The van der Waals surface area contributed by atoms with E-state index in [-0.39, 0.29) is 17.9 Å². The molecule has 0 aromatic rings. The van der Waals surface area contributed by atoms with Gasteiger partial charge in [-0.3, -0.25) is 4.79 Å². The van der Waals surface area contributed by atoms with Crippen molar-refractivity contribution >= 4 is 5.91 Å². The third-order valence-corrected chi connectivity index (χ3v) is 2.26. The Morgan fingerprint density at radius 3 is 2.75 bits per heavy atom. The van der Waals surface area contributed by atoms with Crippen molar-refractivity contribution in [3.8, 4) is 0 Å². The van der Waals surface area contributed by atoms with Crippen molar-refractivity contribution < 1.29 is 4.79 Å². The van der Waals surface area contributed by atoms with E-state index in [1.807, 2.05) is 0 Å². The molecule has 0 aromatic heterocycles. The van der Waals surface area contributed by atoms with Gasteiger partial charge in [-0.15, -0.1) is 0 Å². The number of carbonyl (C=O) groups excluding carboxylic acids is 1. The average molecular weight is 170 g/mol. The maximum absolute atomic E-state index is 11.2. The second-order valence-electron chi connectivity index (χ2n) is 3.50. The van der Waals surface area contributed by atoms with Gasteiger partial charge in [-0.2, -0.15) is 0 Å². The van der Waals surface area contributed by atoms with E-state index in [1.165, 1.54) is 12.8 Å². The third-order valence-electron chi connectivity index (χ3n) is 2.26. The lowest BCUT2D eigenvalue weighted by molar-refractivity contribution is -0.122. The van der Waals surface area contributed by atoms with Crippen molar-refractivity contribution in [2.45, 2.75) is 38.6 Å². The number of nitrogens with one attached hydrogen (secondary N) is 1. The smallest absolute Gasteiger partial charge is 0.224 e. The monoisotopic (exact) mass is 170 g/mol. The summed E-state index contributed by atoms with van der Waals surface area (Å²) in [5.41, 5.74) is 5.54. The van der Waals surface area contributed by atoms with Gasteiger partial charge in [0, 0.05) is 12.6 Å². The molecule has 1 aliphatic carbocycles.